The summed E-state index contributed by atoms with van der Waals surface area (Å²) in [5, 5.41) is 0. The van der Waals surface area contributed by atoms with Crippen molar-refractivity contribution in [1.29, 1.82) is 0 Å². The second-order valence-corrected chi connectivity index (χ2v) is 7.14. The average molecular weight is 270 g/mol. The number of benzene rings is 1. The van der Waals surface area contributed by atoms with Crippen LogP contribution in [0.4, 0.5) is 0 Å². The van der Waals surface area contributed by atoms with Gasteiger partial charge < -0.3 is 4.74 Å². The van der Waals surface area contributed by atoms with E-state index in [2.05, 4.69) is 23.6 Å². The molecule has 1 aromatic carbocycles. The minimum absolute atomic E-state index is 0.293. The summed E-state index contributed by atoms with van der Waals surface area (Å²) in [5.41, 5.74) is 5.79. The molecule has 106 valence electrons. The number of nitrogens with two attached hydrogens (primary N) is 1. The summed E-state index contributed by atoms with van der Waals surface area (Å²) >= 11 is 0. The summed E-state index contributed by atoms with van der Waals surface area (Å²) in [6.45, 7) is 0.826. The molecule has 0 aromatic heterocycles. The molecule has 3 aliphatic carbocycles. The third-order valence-corrected chi connectivity index (χ3v) is 6.44. The van der Waals surface area contributed by atoms with Crippen LogP contribution in [-0.2, 0) is 6.42 Å². The Morgan fingerprint density at radius 3 is 2.75 bits per heavy atom. The number of hydrazine groups is 1. The van der Waals surface area contributed by atoms with Gasteiger partial charge in [-0.3, -0.25) is 11.3 Å². The minimum Gasteiger partial charge on any atom is -0.493 e. The number of fused-ring (bicyclic) bond motifs is 6. The molecule has 5 unspecified atom stereocenters. The molecule has 1 aromatic rings. The fourth-order valence-electron chi connectivity index (χ4n) is 5.73. The van der Waals surface area contributed by atoms with Crippen LogP contribution in [-0.4, -0.2) is 6.61 Å². The fourth-order valence-corrected chi connectivity index (χ4v) is 5.73. The van der Waals surface area contributed by atoms with Gasteiger partial charge in [0.05, 0.1) is 12.6 Å². The van der Waals surface area contributed by atoms with Crippen molar-refractivity contribution in [2.24, 2.45) is 35.4 Å². The van der Waals surface area contributed by atoms with E-state index in [1.807, 2.05) is 0 Å². The number of ether oxygens (including phenoxy) is 1. The summed E-state index contributed by atoms with van der Waals surface area (Å²) in [6.07, 6.45) is 5.46. The van der Waals surface area contributed by atoms with Crippen molar-refractivity contribution < 1.29 is 4.74 Å². The van der Waals surface area contributed by atoms with Crippen molar-refractivity contribution in [3.8, 4) is 5.75 Å². The molecule has 3 saturated carbocycles. The third kappa shape index (κ3) is 1.38. The van der Waals surface area contributed by atoms with Gasteiger partial charge >= 0.3 is 0 Å². The van der Waals surface area contributed by atoms with Crippen LogP contribution in [0.2, 0.25) is 0 Å². The van der Waals surface area contributed by atoms with Gasteiger partial charge in [-0.25, -0.2) is 0 Å². The van der Waals surface area contributed by atoms with E-state index < -0.39 is 0 Å². The smallest absolute Gasteiger partial charge is 0.127 e. The van der Waals surface area contributed by atoms with Crippen molar-refractivity contribution in [2.75, 3.05) is 6.61 Å². The first-order chi connectivity index (χ1) is 9.88. The van der Waals surface area contributed by atoms with Crippen LogP contribution in [0.3, 0.4) is 0 Å². The van der Waals surface area contributed by atoms with E-state index in [-0.39, 0.29) is 0 Å². The summed E-state index contributed by atoms with van der Waals surface area (Å²) < 4.78 is 5.89. The molecule has 0 spiro atoms. The summed E-state index contributed by atoms with van der Waals surface area (Å²) in [6, 6.07) is 6.86. The fraction of sp³-hybridized carbons (Fsp3) is 0.647. The van der Waals surface area contributed by atoms with Gasteiger partial charge in [-0.05, 0) is 54.4 Å². The maximum atomic E-state index is 5.95. The lowest BCUT2D eigenvalue weighted by Crippen LogP contribution is -2.31. The molecule has 4 aliphatic rings. The zero-order valence-corrected chi connectivity index (χ0v) is 11.7. The summed E-state index contributed by atoms with van der Waals surface area (Å²) in [7, 11) is 0. The predicted octanol–water partition coefficient (Wildman–Crippen LogP) is 2.42. The minimum atomic E-state index is 0.293. The summed E-state index contributed by atoms with van der Waals surface area (Å²) in [4.78, 5) is 0. The van der Waals surface area contributed by atoms with Crippen LogP contribution in [0.1, 0.15) is 36.4 Å². The molecule has 1 heterocycles. The van der Waals surface area contributed by atoms with Crippen molar-refractivity contribution in [3.05, 3.63) is 29.3 Å². The highest BCUT2D eigenvalue weighted by molar-refractivity contribution is 5.46. The molecular formula is C17H22N2O. The number of para-hydroxylation sites is 1. The Balaban J connectivity index is 1.49. The van der Waals surface area contributed by atoms with E-state index in [0.29, 0.717) is 6.04 Å². The van der Waals surface area contributed by atoms with Crippen LogP contribution < -0.4 is 16.0 Å². The van der Waals surface area contributed by atoms with Gasteiger partial charge in [0.15, 0.2) is 0 Å². The first kappa shape index (κ1) is 11.6. The first-order valence-electron chi connectivity index (χ1n) is 8.09. The first-order valence-corrected chi connectivity index (χ1v) is 8.09. The second-order valence-electron chi connectivity index (χ2n) is 7.14. The highest BCUT2D eigenvalue weighted by atomic mass is 16.5. The maximum Gasteiger partial charge on any atom is 0.127 e. The van der Waals surface area contributed by atoms with Gasteiger partial charge in [0.2, 0.25) is 0 Å². The van der Waals surface area contributed by atoms with Crippen LogP contribution >= 0.6 is 0 Å². The van der Waals surface area contributed by atoms with Crippen LogP contribution in [0.15, 0.2) is 18.2 Å². The molecular weight excluding hydrogens is 248 g/mol. The SMILES string of the molecule is NNC(c1cccc2c1OCC2)C1C2C3CCC(C3)C21. The number of hydrogen-bond donors (Lipinski definition) is 2. The molecule has 2 bridgehead atoms. The number of rotatable bonds is 3. The monoisotopic (exact) mass is 270 g/mol. The van der Waals surface area contributed by atoms with Crippen LogP contribution in [0.25, 0.3) is 0 Å². The molecule has 20 heavy (non-hydrogen) atoms. The van der Waals surface area contributed by atoms with Crippen molar-refractivity contribution >= 4 is 0 Å². The predicted molar refractivity (Wildman–Crippen MR) is 77.0 cm³/mol. The highest BCUT2D eigenvalue weighted by Gasteiger charge is 2.67. The highest BCUT2D eigenvalue weighted by Crippen LogP contribution is 2.72. The van der Waals surface area contributed by atoms with Crippen LogP contribution in [0.5, 0.6) is 5.75 Å². The maximum absolute atomic E-state index is 5.95. The van der Waals surface area contributed by atoms with Crippen molar-refractivity contribution in [2.45, 2.75) is 31.7 Å². The van der Waals surface area contributed by atoms with Gasteiger partial charge in [-0.1, -0.05) is 18.2 Å². The Morgan fingerprint density at radius 1 is 1.20 bits per heavy atom. The van der Waals surface area contributed by atoms with Gasteiger partial charge in [0.1, 0.15) is 5.75 Å². The molecule has 3 N–H and O–H groups in total. The van der Waals surface area contributed by atoms with E-state index in [4.69, 9.17) is 10.6 Å². The summed E-state index contributed by atoms with van der Waals surface area (Å²) in [5.74, 6) is 11.7. The van der Waals surface area contributed by atoms with E-state index in [9.17, 15) is 0 Å². The molecule has 5 rings (SSSR count). The molecule has 3 fully saturated rings. The lowest BCUT2D eigenvalue weighted by atomic mass is 9.92. The molecule has 3 nitrogen and oxygen atoms in total. The largest absolute Gasteiger partial charge is 0.493 e. The Bertz CT molecular complexity index is 542. The van der Waals surface area contributed by atoms with Gasteiger partial charge in [0, 0.05) is 12.0 Å². The second kappa shape index (κ2) is 3.99. The quantitative estimate of drug-likeness (QED) is 0.655. The topological polar surface area (TPSA) is 47.3 Å². The lowest BCUT2D eigenvalue weighted by Gasteiger charge is -2.22. The van der Waals surface area contributed by atoms with E-state index in [1.54, 1.807) is 0 Å². The average Bonchev–Trinajstić information content (AvgIpc) is 2.91. The van der Waals surface area contributed by atoms with E-state index >= 15 is 0 Å². The zero-order chi connectivity index (χ0) is 13.3. The molecule has 0 amide bonds. The van der Waals surface area contributed by atoms with Gasteiger partial charge in [-0.15, -0.1) is 0 Å². The molecule has 3 heteroatoms. The van der Waals surface area contributed by atoms with Crippen molar-refractivity contribution in [1.82, 2.24) is 5.43 Å². The zero-order valence-electron chi connectivity index (χ0n) is 11.7. The number of nitrogens with one attached hydrogen (secondary N) is 1. The van der Waals surface area contributed by atoms with Crippen LogP contribution in [0, 0.1) is 29.6 Å². The molecule has 1 aliphatic heterocycles. The molecule has 0 saturated heterocycles. The molecule has 5 atom stereocenters. The Morgan fingerprint density at radius 2 is 2.00 bits per heavy atom. The third-order valence-electron chi connectivity index (χ3n) is 6.44. The Labute approximate surface area is 119 Å². The van der Waals surface area contributed by atoms with E-state index in [0.717, 1.165) is 48.4 Å². The molecule has 0 radical (unpaired) electrons. The number of hydrogen-bond acceptors (Lipinski definition) is 3. The standard InChI is InChI=1S/C17H22N2O/c18-19-16(12-3-1-2-9-6-7-20-17(9)12)15-13-10-4-5-11(8-10)14(13)15/h1-3,10-11,13-16,19H,4-8,18H2. The van der Waals surface area contributed by atoms with Gasteiger partial charge in [-0.2, -0.15) is 0 Å². The Hall–Kier alpha value is -1.06. The lowest BCUT2D eigenvalue weighted by molar-refractivity contribution is 0.332. The Kier molecular flexibility index (Phi) is 2.31. The normalized spacial score (nSPS) is 41.1. The van der Waals surface area contributed by atoms with Gasteiger partial charge in [0.25, 0.3) is 0 Å². The van der Waals surface area contributed by atoms with E-state index in [1.165, 1.54) is 30.4 Å². The van der Waals surface area contributed by atoms with Crippen molar-refractivity contribution in [3.63, 3.8) is 0 Å².